The predicted octanol–water partition coefficient (Wildman–Crippen LogP) is 1.30. The minimum absolute atomic E-state index is 0. The number of hydrogen-bond acceptors (Lipinski definition) is 2. The minimum Gasteiger partial charge on any atom is -0.480 e. The molecule has 4 nitrogen and oxygen atoms in total. The van der Waals surface area contributed by atoms with Crippen LogP contribution in [0.15, 0.2) is 12.2 Å². The molecule has 2 rings (SSSR count). The largest absolute Gasteiger partial charge is 0.480 e. The van der Waals surface area contributed by atoms with Gasteiger partial charge in [0.15, 0.2) is 5.41 Å². The number of carboxylic acid groups (broad SMARTS) is 2. The number of allylic oxidation sites excluding steroid dienone is 2. The van der Waals surface area contributed by atoms with Crippen LogP contribution in [0.25, 0.3) is 0 Å². The lowest BCUT2D eigenvalue weighted by Crippen LogP contribution is -2.56. The lowest BCUT2D eigenvalue weighted by molar-refractivity contribution is -0.181. The normalized spacial score (nSPS) is 24.3. The van der Waals surface area contributed by atoms with Crippen LogP contribution in [0.1, 0.15) is 19.3 Å². The standard InChI is InChI=1S/C9H10O4.ClH/c10-6(11)9(7(12)13)4-8(5-9)2-1-3-8;/h1-2H,3-5H2,(H,10,11)(H,12,13);1H. The molecule has 0 unspecified atom stereocenters. The Labute approximate surface area is 87.0 Å². The van der Waals surface area contributed by atoms with E-state index in [0.717, 1.165) is 6.42 Å². The van der Waals surface area contributed by atoms with Crippen molar-refractivity contribution in [3.63, 3.8) is 0 Å². The van der Waals surface area contributed by atoms with Crippen molar-refractivity contribution in [1.29, 1.82) is 0 Å². The van der Waals surface area contributed by atoms with E-state index in [2.05, 4.69) is 0 Å². The Kier molecular flexibility index (Phi) is 2.35. The second kappa shape index (κ2) is 2.98. The summed E-state index contributed by atoms with van der Waals surface area (Å²) in [5.74, 6) is -2.41. The molecule has 0 radical (unpaired) electrons. The molecule has 0 aliphatic heterocycles. The van der Waals surface area contributed by atoms with Gasteiger partial charge in [0, 0.05) is 0 Å². The van der Waals surface area contributed by atoms with Gasteiger partial charge in [-0.3, -0.25) is 9.59 Å². The Bertz CT molecular complexity index is 299. The Morgan fingerprint density at radius 1 is 1.14 bits per heavy atom. The molecule has 0 amide bonds. The molecule has 2 N–H and O–H groups in total. The summed E-state index contributed by atoms with van der Waals surface area (Å²) >= 11 is 0. The van der Waals surface area contributed by atoms with Crippen molar-refractivity contribution in [3.8, 4) is 0 Å². The topological polar surface area (TPSA) is 74.6 Å². The van der Waals surface area contributed by atoms with Crippen molar-refractivity contribution in [2.75, 3.05) is 0 Å². The van der Waals surface area contributed by atoms with E-state index >= 15 is 0 Å². The molecule has 0 atom stereocenters. The van der Waals surface area contributed by atoms with E-state index in [1.807, 2.05) is 12.2 Å². The highest BCUT2D eigenvalue weighted by Gasteiger charge is 2.64. The summed E-state index contributed by atoms with van der Waals surface area (Å²) in [5.41, 5.74) is -1.61. The summed E-state index contributed by atoms with van der Waals surface area (Å²) in [6, 6.07) is 0. The van der Waals surface area contributed by atoms with Gasteiger partial charge in [0.05, 0.1) is 0 Å². The molecule has 2 aliphatic carbocycles. The summed E-state index contributed by atoms with van der Waals surface area (Å²) < 4.78 is 0. The number of rotatable bonds is 2. The third-order valence-electron chi connectivity index (χ3n) is 3.12. The van der Waals surface area contributed by atoms with Crippen molar-refractivity contribution >= 4 is 24.3 Å². The van der Waals surface area contributed by atoms with E-state index in [4.69, 9.17) is 10.2 Å². The summed E-state index contributed by atoms with van der Waals surface area (Å²) in [6.45, 7) is 0. The van der Waals surface area contributed by atoms with E-state index in [-0.39, 0.29) is 30.7 Å². The van der Waals surface area contributed by atoms with Gasteiger partial charge >= 0.3 is 11.9 Å². The first-order valence-electron chi connectivity index (χ1n) is 4.15. The summed E-state index contributed by atoms with van der Waals surface area (Å²) in [7, 11) is 0. The maximum atomic E-state index is 10.8. The summed E-state index contributed by atoms with van der Waals surface area (Å²) in [6.07, 6.45) is 5.21. The molecule has 0 aromatic heterocycles. The fourth-order valence-corrected chi connectivity index (χ4v) is 2.26. The van der Waals surface area contributed by atoms with Crippen LogP contribution in [0, 0.1) is 10.8 Å². The molecule has 5 heteroatoms. The van der Waals surface area contributed by atoms with Gasteiger partial charge in [-0.25, -0.2) is 0 Å². The highest BCUT2D eigenvalue weighted by molar-refractivity contribution is 5.99. The molecule has 2 aliphatic rings. The third-order valence-corrected chi connectivity index (χ3v) is 3.12. The smallest absolute Gasteiger partial charge is 0.321 e. The summed E-state index contributed by atoms with van der Waals surface area (Å²) in [4.78, 5) is 21.5. The number of carbonyl (C=O) groups is 2. The molecule has 0 bridgehead atoms. The first-order chi connectivity index (χ1) is 6.01. The van der Waals surface area contributed by atoms with E-state index in [1.165, 1.54) is 0 Å². The molecule has 1 saturated carbocycles. The van der Waals surface area contributed by atoms with Crippen LogP contribution >= 0.6 is 12.4 Å². The molecule has 0 heterocycles. The highest BCUT2D eigenvalue weighted by atomic mass is 35.5. The van der Waals surface area contributed by atoms with Crippen molar-refractivity contribution in [2.45, 2.75) is 19.3 Å². The van der Waals surface area contributed by atoms with Crippen LogP contribution in [-0.4, -0.2) is 22.2 Å². The molecule has 0 saturated heterocycles. The van der Waals surface area contributed by atoms with Crippen LogP contribution in [0.5, 0.6) is 0 Å². The Morgan fingerprint density at radius 2 is 1.57 bits per heavy atom. The van der Waals surface area contributed by atoms with Crippen LogP contribution in [0.2, 0.25) is 0 Å². The van der Waals surface area contributed by atoms with E-state index in [1.54, 1.807) is 0 Å². The van der Waals surface area contributed by atoms with Crippen molar-refractivity contribution in [3.05, 3.63) is 12.2 Å². The maximum Gasteiger partial charge on any atom is 0.321 e. The molecule has 0 aromatic rings. The van der Waals surface area contributed by atoms with Gasteiger partial charge in [-0.15, -0.1) is 12.4 Å². The number of aliphatic carboxylic acids is 2. The van der Waals surface area contributed by atoms with E-state index in [9.17, 15) is 9.59 Å². The quantitative estimate of drug-likeness (QED) is 0.541. The fourth-order valence-electron chi connectivity index (χ4n) is 2.26. The lowest BCUT2D eigenvalue weighted by Gasteiger charge is -2.53. The Balaban J connectivity index is 0.000000980. The monoisotopic (exact) mass is 218 g/mol. The third kappa shape index (κ3) is 1.14. The predicted molar refractivity (Wildman–Crippen MR) is 50.4 cm³/mol. The van der Waals surface area contributed by atoms with Gasteiger partial charge < -0.3 is 10.2 Å². The fraction of sp³-hybridized carbons (Fsp3) is 0.556. The number of hydrogen-bond donors (Lipinski definition) is 2. The maximum absolute atomic E-state index is 10.8. The highest BCUT2D eigenvalue weighted by Crippen LogP contribution is 2.61. The van der Waals surface area contributed by atoms with Crippen molar-refractivity contribution in [2.24, 2.45) is 10.8 Å². The zero-order chi connectivity index (χ0) is 9.69. The summed E-state index contributed by atoms with van der Waals surface area (Å²) in [5, 5.41) is 17.6. The molecule has 0 aromatic carbocycles. The second-order valence-electron chi connectivity index (χ2n) is 4.01. The van der Waals surface area contributed by atoms with Crippen molar-refractivity contribution in [1.82, 2.24) is 0 Å². The zero-order valence-electron chi connectivity index (χ0n) is 7.40. The van der Waals surface area contributed by atoms with Gasteiger partial charge in [-0.05, 0) is 24.7 Å². The number of carboxylic acids is 2. The molecule has 1 fully saturated rings. The number of halogens is 1. The molecule has 78 valence electrons. The van der Waals surface area contributed by atoms with Crippen LogP contribution in [-0.2, 0) is 9.59 Å². The zero-order valence-corrected chi connectivity index (χ0v) is 8.21. The van der Waals surface area contributed by atoms with Gasteiger partial charge in [-0.2, -0.15) is 0 Å². The second-order valence-corrected chi connectivity index (χ2v) is 4.01. The molecule has 1 spiro atoms. The molecular weight excluding hydrogens is 208 g/mol. The average molecular weight is 219 g/mol. The van der Waals surface area contributed by atoms with Gasteiger partial charge in [0.2, 0.25) is 0 Å². The van der Waals surface area contributed by atoms with Crippen LogP contribution in [0.3, 0.4) is 0 Å². The first kappa shape index (κ1) is 11.0. The Morgan fingerprint density at radius 3 is 1.79 bits per heavy atom. The van der Waals surface area contributed by atoms with Crippen molar-refractivity contribution < 1.29 is 19.8 Å². The van der Waals surface area contributed by atoms with Gasteiger partial charge in [0.25, 0.3) is 0 Å². The van der Waals surface area contributed by atoms with Gasteiger partial charge in [0.1, 0.15) is 0 Å². The van der Waals surface area contributed by atoms with Gasteiger partial charge in [-0.1, -0.05) is 12.2 Å². The Hall–Kier alpha value is -1.03. The average Bonchev–Trinajstić information content (AvgIpc) is 1.78. The van der Waals surface area contributed by atoms with Crippen LogP contribution in [0.4, 0.5) is 0 Å². The first-order valence-corrected chi connectivity index (χ1v) is 4.15. The minimum atomic E-state index is -1.51. The van der Waals surface area contributed by atoms with E-state index in [0.29, 0.717) is 0 Å². The lowest BCUT2D eigenvalue weighted by atomic mass is 9.48. The molecule has 14 heavy (non-hydrogen) atoms. The molecular formula is C9H11ClO4. The van der Waals surface area contributed by atoms with E-state index < -0.39 is 17.4 Å². The SMILES string of the molecule is Cl.O=C(O)C1(C(=O)O)CC2(C=CC2)C1. The van der Waals surface area contributed by atoms with Crippen LogP contribution < -0.4 is 0 Å².